The highest BCUT2D eigenvalue weighted by molar-refractivity contribution is 5.80. The van der Waals surface area contributed by atoms with E-state index in [1.54, 1.807) is 18.1 Å². The number of nitrogens with one attached hydrogen (secondary N) is 2. The van der Waals surface area contributed by atoms with E-state index in [2.05, 4.69) is 31.8 Å². The van der Waals surface area contributed by atoms with Crippen LogP contribution in [0, 0.1) is 0 Å². The Morgan fingerprint density at radius 3 is 3.09 bits per heavy atom. The third-order valence-electron chi connectivity index (χ3n) is 3.71. The van der Waals surface area contributed by atoms with E-state index in [1.165, 1.54) is 0 Å². The number of aromatic nitrogens is 3. The van der Waals surface area contributed by atoms with Crippen LogP contribution in [0.4, 0.5) is 0 Å². The van der Waals surface area contributed by atoms with E-state index in [9.17, 15) is 0 Å². The molecule has 1 aliphatic rings. The van der Waals surface area contributed by atoms with Crippen molar-refractivity contribution in [3.63, 3.8) is 0 Å². The Morgan fingerprint density at radius 1 is 1.45 bits per heavy atom. The van der Waals surface area contributed by atoms with E-state index in [0.717, 1.165) is 29.5 Å². The van der Waals surface area contributed by atoms with Gasteiger partial charge in [0.05, 0.1) is 19.2 Å². The number of guanidine groups is 1. The Morgan fingerprint density at radius 2 is 2.32 bits per heavy atom. The standard InChI is InChI=1S/C15H20N6O/c1-16-15(17-9-14-18-10-19-21(14)2)20-12-7-8-22-13-6-4-3-5-11(12)13/h3-6,10,12H,7-9H2,1-2H3,(H2,16,17,20). The van der Waals surface area contributed by atoms with Crippen molar-refractivity contribution in [3.8, 4) is 5.75 Å². The van der Waals surface area contributed by atoms with Gasteiger partial charge in [0.15, 0.2) is 5.96 Å². The largest absolute Gasteiger partial charge is 0.493 e. The minimum atomic E-state index is 0.190. The molecule has 0 fully saturated rings. The van der Waals surface area contributed by atoms with Gasteiger partial charge in [-0.05, 0) is 6.07 Å². The van der Waals surface area contributed by atoms with Gasteiger partial charge in [0.1, 0.15) is 17.9 Å². The third-order valence-corrected chi connectivity index (χ3v) is 3.71. The Labute approximate surface area is 129 Å². The second-order valence-corrected chi connectivity index (χ2v) is 5.10. The molecule has 2 heterocycles. The first-order chi connectivity index (χ1) is 10.8. The van der Waals surface area contributed by atoms with Gasteiger partial charge in [-0.3, -0.25) is 9.67 Å². The zero-order valence-electron chi connectivity index (χ0n) is 12.8. The summed E-state index contributed by atoms with van der Waals surface area (Å²) in [6.45, 7) is 1.27. The van der Waals surface area contributed by atoms with Gasteiger partial charge >= 0.3 is 0 Å². The van der Waals surface area contributed by atoms with Crippen molar-refractivity contribution in [2.45, 2.75) is 19.0 Å². The lowest BCUT2D eigenvalue weighted by atomic mass is 10.0. The van der Waals surface area contributed by atoms with Crippen LogP contribution in [0.2, 0.25) is 0 Å². The predicted molar refractivity (Wildman–Crippen MR) is 83.6 cm³/mol. The minimum Gasteiger partial charge on any atom is -0.493 e. The second-order valence-electron chi connectivity index (χ2n) is 5.10. The molecule has 0 spiro atoms. The Kier molecular flexibility index (Phi) is 4.22. The molecule has 3 rings (SSSR count). The number of fused-ring (bicyclic) bond motifs is 1. The molecule has 1 unspecified atom stereocenters. The highest BCUT2D eigenvalue weighted by Gasteiger charge is 2.21. The van der Waals surface area contributed by atoms with Crippen LogP contribution >= 0.6 is 0 Å². The smallest absolute Gasteiger partial charge is 0.191 e. The normalized spacial score (nSPS) is 17.5. The lowest BCUT2D eigenvalue weighted by Gasteiger charge is -2.28. The number of hydrogen-bond acceptors (Lipinski definition) is 4. The van der Waals surface area contributed by atoms with E-state index in [-0.39, 0.29) is 6.04 Å². The summed E-state index contributed by atoms with van der Waals surface area (Å²) in [4.78, 5) is 8.47. The minimum absolute atomic E-state index is 0.190. The maximum atomic E-state index is 5.68. The van der Waals surface area contributed by atoms with Crippen LogP contribution in [0.15, 0.2) is 35.6 Å². The van der Waals surface area contributed by atoms with Crippen molar-refractivity contribution in [2.24, 2.45) is 12.0 Å². The quantitative estimate of drug-likeness (QED) is 0.653. The summed E-state index contributed by atoms with van der Waals surface area (Å²) in [6, 6.07) is 8.29. The molecular formula is C15H20N6O. The lowest BCUT2D eigenvalue weighted by Crippen LogP contribution is -2.41. The van der Waals surface area contributed by atoms with Gasteiger partial charge in [-0.15, -0.1) is 0 Å². The van der Waals surface area contributed by atoms with Crippen LogP contribution in [0.1, 0.15) is 23.9 Å². The molecule has 1 aliphatic heterocycles. The van der Waals surface area contributed by atoms with E-state index < -0.39 is 0 Å². The number of aliphatic imine (C=N–C) groups is 1. The predicted octanol–water partition coefficient (Wildman–Crippen LogP) is 1.00. The van der Waals surface area contributed by atoms with E-state index in [4.69, 9.17) is 4.74 Å². The molecule has 2 aromatic rings. The molecule has 0 saturated carbocycles. The SMILES string of the molecule is CN=C(NCc1ncnn1C)NC1CCOc2ccccc21. The molecule has 7 heteroatoms. The van der Waals surface area contributed by atoms with Crippen LogP contribution in [0.25, 0.3) is 0 Å². The lowest BCUT2D eigenvalue weighted by molar-refractivity contribution is 0.261. The molecule has 1 aromatic heterocycles. The summed E-state index contributed by atoms with van der Waals surface area (Å²) in [6.07, 6.45) is 2.45. The number of aryl methyl sites for hydroxylation is 1. The molecule has 0 saturated heterocycles. The monoisotopic (exact) mass is 300 g/mol. The third kappa shape index (κ3) is 3.03. The van der Waals surface area contributed by atoms with E-state index in [0.29, 0.717) is 13.2 Å². The van der Waals surface area contributed by atoms with Crippen LogP contribution in [0.5, 0.6) is 5.75 Å². The van der Waals surface area contributed by atoms with Gasteiger partial charge in [-0.2, -0.15) is 5.10 Å². The first-order valence-electron chi connectivity index (χ1n) is 7.29. The van der Waals surface area contributed by atoms with Crippen LogP contribution in [-0.2, 0) is 13.6 Å². The molecular weight excluding hydrogens is 280 g/mol. The molecule has 0 aliphatic carbocycles. The Balaban J connectivity index is 1.65. The first kappa shape index (κ1) is 14.4. The number of para-hydroxylation sites is 1. The number of nitrogens with zero attached hydrogens (tertiary/aromatic N) is 4. The van der Waals surface area contributed by atoms with Crippen molar-refractivity contribution < 1.29 is 4.74 Å². The van der Waals surface area contributed by atoms with Crippen LogP contribution in [0.3, 0.4) is 0 Å². The number of hydrogen-bond donors (Lipinski definition) is 2. The van der Waals surface area contributed by atoms with Gasteiger partial charge in [-0.25, -0.2) is 4.98 Å². The molecule has 0 amide bonds. The van der Waals surface area contributed by atoms with Gasteiger partial charge in [0.25, 0.3) is 0 Å². The van der Waals surface area contributed by atoms with Crippen molar-refractivity contribution in [3.05, 3.63) is 42.0 Å². The molecule has 1 aromatic carbocycles. The molecule has 0 radical (unpaired) electrons. The highest BCUT2D eigenvalue weighted by Crippen LogP contribution is 2.31. The molecule has 2 N–H and O–H groups in total. The maximum absolute atomic E-state index is 5.68. The van der Waals surface area contributed by atoms with Crippen molar-refractivity contribution in [1.82, 2.24) is 25.4 Å². The fraction of sp³-hybridized carbons (Fsp3) is 0.400. The maximum Gasteiger partial charge on any atom is 0.191 e. The van der Waals surface area contributed by atoms with E-state index >= 15 is 0 Å². The number of rotatable bonds is 3. The van der Waals surface area contributed by atoms with Gasteiger partial charge in [0, 0.05) is 26.1 Å². The molecule has 1 atom stereocenters. The molecule has 0 bridgehead atoms. The zero-order chi connectivity index (χ0) is 15.4. The van der Waals surface area contributed by atoms with Crippen molar-refractivity contribution in [2.75, 3.05) is 13.7 Å². The average Bonchev–Trinajstić information content (AvgIpc) is 2.96. The summed E-state index contributed by atoms with van der Waals surface area (Å²) < 4.78 is 7.42. The van der Waals surface area contributed by atoms with Crippen molar-refractivity contribution in [1.29, 1.82) is 0 Å². The topological polar surface area (TPSA) is 76.4 Å². The molecule has 22 heavy (non-hydrogen) atoms. The Hall–Kier alpha value is -2.57. The van der Waals surface area contributed by atoms with E-state index in [1.807, 2.05) is 25.2 Å². The summed E-state index contributed by atoms with van der Waals surface area (Å²) in [5, 5.41) is 10.8. The van der Waals surface area contributed by atoms with Crippen LogP contribution < -0.4 is 15.4 Å². The number of benzene rings is 1. The summed E-state index contributed by atoms with van der Waals surface area (Å²) in [5.41, 5.74) is 1.16. The molecule has 116 valence electrons. The second kappa shape index (κ2) is 6.46. The van der Waals surface area contributed by atoms with Crippen LogP contribution in [-0.4, -0.2) is 34.4 Å². The average molecular weight is 300 g/mol. The van der Waals surface area contributed by atoms with Gasteiger partial charge in [-0.1, -0.05) is 18.2 Å². The summed E-state index contributed by atoms with van der Waals surface area (Å²) in [5.74, 6) is 2.54. The fourth-order valence-electron chi connectivity index (χ4n) is 2.49. The Bertz CT molecular complexity index is 666. The zero-order valence-corrected chi connectivity index (χ0v) is 12.8. The number of ether oxygens (including phenoxy) is 1. The highest BCUT2D eigenvalue weighted by atomic mass is 16.5. The fourth-order valence-corrected chi connectivity index (χ4v) is 2.49. The van der Waals surface area contributed by atoms with Crippen molar-refractivity contribution >= 4 is 5.96 Å². The summed E-state index contributed by atoms with van der Waals surface area (Å²) in [7, 11) is 3.63. The first-order valence-corrected chi connectivity index (χ1v) is 7.29. The van der Waals surface area contributed by atoms with Gasteiger partial charge < -0.3 is 15.4 Å². The summed E-state index contributed by atoms with van der Waals surface area (Å²) >= 11 is 0. The van der Waals surface area contributed by atoms with Gasteiger partial charge in [0.2, 0.25) is 0 Å². The molecule has 7 nitrogen and oxygen atoms in total.